The molecular weight excluding hydrogens is 368 g/mol. The third kappa shape index (κ3) is 3.86. The molecule has 4 N–H and O–H groups in total. The van der Waals surface area contributed by atoms with Gasteiger partial charge in [-0.05, 0) is 48.4 Å². The highest BCUT2D eigenvalue weighted by Crippen LogP contribution is 2.29. The largest absolute Gasteiger partial charge is 0.354 e. The van der Waals surface area contributed by atoms with Crippen LogP contribution in [-0.2, 0) is 11.2 Å². The van der Waals surface area contributed by atoms with Crippen LogP contribution in [0.5, 0.6) is 0 Å². The number of hydrogen-bond acceptors (Lipinski definition) is 6. The lowest BCUT2D eigenvalue weighted by molar-refractivity contribution is -0.115. The van der Waals surface area contributed by atoms with Crippen LogP contribution in [0.1, 0.15) is 21.6 Å². The Morgan fingerprint density at radius 3 is 2.79 bits per heavy atom. The fraction of sp³-hybridized carbons (Fsp3) is 0.143. The van der Waals surface area contributed by atoms with Crippen LogP contribution in [0, 0.1) is 6.92 Å². The summed E-state index contributed by atoms with van der Waals surface area (Å²) in [6.07, 6.45) is 3.71. The van der Waals surface area contributed by atoms with E-state index in [-0.39, 0.29) is 11.8 Å². The van der Waals surface area contributed by atoms with Crippen molar-refractivity contribution in [2.45, 2.75) is 13.3 Å². The maximum absolute atomic E-state index is 12.1. The first-order valence-corrected chi connectivity index (χ1v) is 9.14. The van der Waals surface area contributed by atoms with Crippen LogP contribution in [0.2, 0.25) is 0 Å². The number of hydrogen-bond donors (Lipinski definition) is 4. The molecule has 0 atom stereocenters. The lowest BCUT2D eigenvalue weighted by Gasteiger charge is -2.14. The van der Waals surface area contributed by atoms with Crippen LogP contribution in [0.3, 0.4) is 0 Å². The lowest BCUT2D eigenvalue weighted by atomic mass is 10.1. The highest BCUT2D eigenvalue weighted by Gasteiger charge is 2.17. The first kappa shape index (κ1) is 18.4. The molecule has 29 heavy (non-hydrogen) atoms. The van der Waals surface area contributed by atoms with Crippen molar-refractivity contribution in [1.29, 1.82) is 0 Å². The van der Waals surface area contributed by atoms with Crippen molar-refractivity contribution in [3.05, 3.63) is 65.6 Å². The molecule has 0 spiro atoms. The topological polar surface area (TPSA) is 108 Å². The van der Waals surface area contributed by atoms with Gasteiger partial charge in [-0.1, -0.05) is 0 Å². The Balaban J connectivity index is 1.59. The van der Waals surface area contributed by atoms with Crippen LogP contribution in [0.4, 0.5) is 28.6 Å². The average Bonchev–Trinajstić information content (AvgIpc) is 3.09. The summed E-state index contributed by atoms with van der Waals surface area (Å²) in [4.78, 5) is 32.2. The number of fused-ring (bicyclic) bond motifs is 1. The molecule has 8 nitrogen and oxygen atoms in total. The molecule has 1 aliphatic rings. The van der Waals surface area contributed by atoms with E-state index in [1.807, 2.05) is 31.2 Å². The molecule has 0 saturated heterocycles. The average molecular weight is 388 g/mol. The van der Waals surface area contributed by atoms with Gasteiger partial charge in [-0.25, -0.2) is 9.97 Å². The molecule has 0 radical (unpaired) electrons. The Bertz CT molecular complexity index is 1110. The minimum Gasteiger partial charge on any atom is -0.354 e. The minimum atomic E-state index is -0.264. The van der Waals surface area contributed by atoms with Crippen LogP contribution in [0.25, 0.3) is 0 Å². The first-order valence-electron chi connectivity index (χ1n) is 9.14. The van der Waals surface area contributed by atoms with Crippen molar-refractivity contribution in [2.75, 3.05) is 23.0 Å². The second kappa shape index (κ2) is 7.59. The predicted molar refractivity (Wildman–Crippen MR) is 112 cm³/mol. The van der Waals surface area contributed by atoms with E-state index in [4.69, 9.17) is 0 Å². The number of amides is 2. The minimum absolute atomic E-state index is 0.000452. The summed E-state index contributed by atoms with van der Waals surface area (Å²) in [5, 5.41) is 12.0. The van der Waals surface area contributed by atoms with Crippen molar-refractivity contribution in [3.63, 3.8) is 0 Å². The van der Waals surface area contributed by atoms with Crippen molar-refractivity contribution in [2.24, 2.45) is 0 Å². The summed E-state index contributed by atoms with van der Waals surface area (Å²) in [5.41, 5.74) is 5.29. The van der Waals surface area contributed by atoms with Gasteiger partial charge in [0.1, 0.15) is 5.82 Å². The fourth-order valence-electron chi connectivity index (χ4n) is 3.13. The fourth-order valence-corrected chi connectivity index (χ4v) is 3.13. The van der Waals surface area contributed by atoms with Crippen LogP contribution >= 0.6 is 0 Å². The number of carbonyl (C=O) groups is 2. The van der Waals surface area contributed by atoms with E-state index in [0.29, 0.717) is 23.6 Å². The van der Waals surface area contributed by atoms with Crippen molar-refractivity contribution in [1.82, 2.24) is 15.3 Å². The summed E-state index contributed by atoms with van der Waals surface area (Å²) in [6.45, 7) is 1.93. The maximum atomic E-state index is 12.1. The van der Waals surface area contributed by atoms with Gasteiger partial charge in [0, 0.05) is 42.6 Å². The predicted octanol–water partition coefficient (Wildman–Crippen LogP) is 3.13. The molecule has 1 aliphatic heterocycles. The van der Waals surface area contributed by atoms with Gasteiger partial charge in [-0.15, -0.1) is 0 Å². The van der Waals surface area contributed by atoms with Gasteiger partial charge in [-0.3, -0.25) is 9.59 Å². The van der Waals surface area contributed by atoms with E-state index in [1.165, 1.54) is 0 Å². The van der Waals surface area contributed by atoms with Crippen LogP contribution < -0.4 is 21.3 Å². The summed E-state index contributed by atoms with van der Waals surface area (Å²) in [7, 11) is 1.57. The number of nitrogens with zero attached hydrogens (tertiary/aromatic N) is 2. The molecule has 3 heterocycles. The number of pyridine rings is 2. The summed E-state index contributed by atoms with van der Waals surface area (Å²) in [6, 6.07) is 11.1. The summed E-state index contributed by atoms with van der Waals surface area (Å²) < 4.78 is 0. The van der Waals surface area contributed by atoms with Gasteiger partial charge in [0.15, 0.2) is 5.69 Å². The monoisotopic (exact) mass is 388 g/mol. The number of aryl methyl sites for hydroxylation is 1. The molecule has 0 saturated carbocycles. The van der Waals surface area contributed by atoms with Gasteiger partial charge < -0.3 is 21.3 Å². The zero-order valence-electron chi connectivity index (χ0n) is 16.0. The van der Waals surface area contributed by atoms with Gasteiger partial charge >= 0.3 is 0 Å². The Kier molecular flexibility index (Phi) is 4.82. The van der Waals surface area contributed by atoms with Gasteiger partial charge in [0.25, 0.3) is 5.91 Å². The number of aromatic nitrogens is 2. The van der Waals surface area contributed by atoms with E-state index in [0.717, 1.165) is 28.2 Å². The van der Waals surface area contributed by atoms with E-state index < -0.39 is 0 Å². The van der Waals surface area contributed by atoms with E-state index >= 15 is 0 Å². The van der Waals surface area contributed by atoms with E-state index in [9.17, 15) is 9.59 Å². The van der Waals surface area contributed by atoms with Crippen LogP contribution in [0.15, 0.2) is 48.8 Å². The molecule has 2 amide bonds. The SMILES string of the molecule is CNC(=O)c1ncccc1Nc1cc(Nc2ccc3c(c2)CC(=O)N3)ncc1C. The molecule has 1 aromatic carbocycles. The first-order chi connectivity index (χ1) is 14.0. The lowest BCUT2D eigenvalue weighted by Crippen LogP contribution is -2.20. The third-order valence-electron chi connectivity index (χ3n) is 4.63. The van der Waals surface area contributed by atoms with Gasteiger partial charge in [0.05, 0.1) is 12.1 Å². The standard InChI is InChI=1S/C21H20N6O2/c1-12-11-24-18(25-14-5-6-15-13(8-14)9-19(28)27-15)10-17(12)26-16-4-3-7-23-20(16)21(29)22-2/h3-8,10-11H,9H2,1-2H3,(H,22,29)(H,27,28)(H2,24,25,26). The van der Waals surface area contributed by atoms with Crippen molar-refractivity contribution >= 4 is 40.4 Å². The Morgan fingerprint density at radius 2 is 1.97 bits per heavy atom. The summed E-state index contributed by atoms with van der Waals surface area (Å²) >= 11 is 0. The molecule has 2 aromatic heterocycles. The number of benzene rings is 1. The molecule has 4 rings (SSSR count). The smallest absolute Gasteiger partial charge is 0.271 e. The molecule has 0 unspecified atom stereocenters. The van der Waals surface area contributed by atoms with E-state index in [2.05, 4.69) is 31.2 Å². The third-order valence-corrected chi connectivity index (χ3v) is 4.63. The zero-order valence-corrected chi connectivity index (χ0v) is 16.0. The van der Waals surface area contributed by atoms with Gasteiger partial charge in [0.2, 0.25) is 5.91 Å². The summed E-state index contributed by atoms with van der Waals surface area (Å²) in [5.74, 6) is 0.376. The highest BCUT2D eigenvalue weighted by atomic mass is 16.2. The molecule has 146 valence electrons. The highest BCUT2D eigenvalue weighted by molar-refractivity contribution is 6.00. The molecule has 0 aliphatic carbocycles. The maximum Gasteiger partial charge on any atom is 0.271 e. The second-order valence-corrected chi connectivity index (χ2v) is 6.71. The molecular formula is C21H20N6O2. The van der Waals surface area contributed by atoms with Crippen molar-refractivity contribution in [3.8, 4) is 0 Å². The Hall–Kier alpha value is -3.94. The molecule has 0 fully saturated rings. The van der Waals surface area contributed by atoms with Gasteiger partial charge in [-0.2, -0.15) is 0 Å². The number of anilines is 5. The van der Waals surface area contributed by atoms with Crippen LogP contribution in [-0.4, -0.2) is 28.8 Å². The Labute approximate surface area is 167 Å². The Morgan fingerprint density at radius 1 is 1.10 bits per heavy atom. The van der Waals surface area contributed by atoms with Crippen molar-refractivity contribution < 1.29 is 9.59 Å². The second-order valence-electron chi connectivity index (χ2n) is 6.71. The normalized spacial score (nSPS) is 12.1. The molecule has 8 heteroatoms. The number of carbonyl (C=O) groups excluding carboxylic acids is 2. The quantitative estimate of drug-likeness (QED) is 0.535. The number of nitrogens with one attached hydrogen (secondary N) is 4. The van der Waals surface area contributed by atoms with E-state index in [1.54, 1.807) is 31.6 Å². The molecule has 0 bridgehead atoms. The molecule has 3 aromatic rings. The number of rotatable bonds is 5. The zero-order chi connectivity index (χ0) is 20.4.